The van der Waals surface area contributed by atoms with E-state index in [1.807, 2.05) is 42.5 Å². The average Bonchev–Trinajstić information content (AvgIpc) is 2.66. The van der Waals surface area contributed by atoms with Gasteiger partial charge in [0, 0.05) is 18.1 Å². The summed E-state index contributed by atoms with van der Waals surface area (Å²) in [6, 6.07) is 20.6. The number of hydrogen-bond donors (Lipinski definition) is 1. The monoisotopic (exact) mass is 348 g/mol. The number of nitrogens with zero attached hydrogens (tertiary/aromatic N) is 1. The predicted molar refractivity (Wildman–Crippen MR) is 102 cm³/mol. The number of benzene rings is 2. The van der Waals surface area contributed by atoms with Gasteiger partial charge >= 0.3 is 0 Å². The smallest absolute Gasteiger partial charge is 0.225 e. The van der Waals surface area contributed by atoms with Gasteiger partial charge in [0.25, 0.3) is 0 Å². The normalized spacial score (nSPS) is 17.1. The lowest BCUT2D eigenvalue weighted by atomic mass is 9.86. The van der Waals surface area contributed by atoms with Gasteiger partial charge in [-0.2, -0.15) is 5.26 Å². The summed E-state index contributed by atoms with van der Waals surface area (Å²) in [4.78, 5) is 12.2. The minimum Gasteiger partial charge on any atom is -0.320 e. The minimum atomic E-state index is -0.164. The van der Waals surface area contributed by atoms with Crippen LogP contribution in [0.3, 0.4) is 0 Å². The van der Waals surface area contributed by atoms with Gasteiger partial charge in [0.1, 0.15) is 0 Å². The Balaban J connectivity index is 1.87. The van der Waals surface area contributed by atoms with Crippen LogP contribution in [0.1, 0.15) is 36.0 Å². The lowest BCUT2D eigenvalue weighted by Crippen LogP contribution is -2.30. The van der Waals surface area contributed by atoms with Gasteiger partial charge in [0.2, 0.25) is 5.91 Å². The van der Waals surface area contributed by atoms with Crippen LogP contribution in [-0.4, -0.2) is 5.91 Å². The molecular formula is C21H20N2OS. The number of hydrogen-bond acceptors (Lipinski definition) is 3. The van der Waals surface area contributed by atoms with Gasteiger partial charge in [-0.05, 0) is 23.1 Å². The number of carbonyl (C=O) groups is 1. The molecule has 1 aliphatic rings. The maximum absolute atomic E-state index is 12.2. The zero-order valence-corrected chi connectivity index (χ0v) is 15.0. The number of carbonyl (C=O) groups excluding carboxylic acids is 1. The second kappa shape index (κ2) is 8.04. The van der Waals surface area contributed by atoms with Crippen molar-refractivity contribution < 1.29 is 4.79 Å². The highest BCUT2D eigenvalue weighted by Gasteiger charge is 2.29. The second-order valence-corrected chi connectivity index (χ2v) is 7.01. The molecule has 1 amide bonds. The first-order valence-electron chi connectivity index (χ1n) is 8.41. The molecule has 126 valence electrons. The summed E-state index contributed by atoms with van der Waals surface area (Å²) in [7, 11) is 0. The molecule has 0 radical (unpaired) electrons. The van der Waals surface area contributed by atoms with Crippen LogP contribution >= 0.6 is 11.8 Å². The van der Waals surface area contributed by atoms with Gasteiger partial charge in [-0.25, -0.2) is 0 Å². The maximum atomic E-state index is 12.2. The molecule has 1 aliphatic heterocycles. The Kier molecular flexibility index (Phi) is 5.57. The Labute approximate surface area is 152 Å². The van der Waals surface area contributed by atoms with Crippen molar-refractivity contribution in [3.05, 3.63) is 81.9 Å². The molecule has 1 atom stereocenters. The van der Waals surface area contributed by atoms with Crippen LogP contribution in [0.25, 0.3) is 0 Å². The summed E-state index contributed by atoms with van der Waals surface area (Å²) in [6.45, 7) is 2.11. The number of nitrogens with one attached hydrogen (secondary N) is 1. The molecule has 1 N–H and O–H groups in total. The molecule has 1 unspecified atom stereocenters. The number of amides is 1. The van der Waals surface area contributed by atoms with E-state index in [0.29, 0.717) is 17.0 Å². The average molecular weight is 348 g/mol. The summed E-state index contributed by atoms with van der Waals surface area (Å²) in [6.07, 6.45) is 1.30. The van der Waals surface area contributed by atoms with Gasteiger partial charge in [0.15, 0.2) is 0 Å². The molecule has 25 heavy (non-hydrogen) atoms. The second-order valence-electron chi connectivity index (χ2n) is 6.03. The fraction of sp³-hybridized carbons (Fsp3) is 0.238. The van der Waals surface area contributed by atoms with E-state index in [9.17, 15) is 10.1 Å². The highest BCUT2D eigenvalue weighted by molar-refractivity contribution is 8.02. The first kappa shape index (κ1) is 17.3. The van der Waals surface area contributed by atoms with Crippen molar-refractivity contribution in [1.82, 2.24) is 5.32 Å². The summed E-state index contributed by atoms with van der Waals surface area (Å²) in [5.41, 5.74) is 4.11. The number of nitriles is 1. The van der Waals surface area contributed by atoms with E-state index in [1.165, 1.54) is 22.9 Å². The summed E-state index contributed by atoms with van der Waals surface area (Å²) >= 11 is 1.52. The third-order valence-corrected chi connectivity index (χ3v) is 5.46. The van der Waals surface area contributed by atoms with Crippen LogP contribution in [0.4, 0.5) is 0 Å². The summed E-state index contributed by atoms with van der Waals surface area (Å²) < 4.78 is 0. The van der Waals surface area contributed by atoms with Gasteiger partial charge < -0.3 is 5.32 Å². The lowest BCUT2D eigenvalue weighted by Gasteiger charge is -2.25. The van der Waals surface area contributed by atoms with E-state index in [4.69, 9.17) is 0 Å². The topological polar surface area (TPSA) is 52.9 Å². The molecule has 1 heterocycles. The summed E-state index contributed by atoms with van der Waals surface area (Å²) in [5, 5.41) is 13.3. The van der Waals surface area contributed by atoms with E-state index in [0.717, 1.165) is 17.7 Å². The van der Waals surface area contributed by atoms with Crippen molar-refractivity contribution in [3.8, 4) is 6.07 Å². The number of aryl methyl sites for hydroxylation is 1. The van der Waals surface area contributed by atoms with Gasteiger partial charge in [-0.3, -0.25) is 4.79 Å². The van der Waals surface area contributed by atoms with Crippen LogP contribution in [0, 0.1) is 11.3 Å². The number of allylic oxidation sites excluding steroid dienone is 1. The SMILES string of the molecule is CCc1ccc(C2CC(=O)NC(SCc3ccccc3)=C2C#N)cc1. The van der Waals surface area contributed by atoms with Crippen molar-refractivity contribution in [2.45, 2.75) is 31.4 Å². The van der Waals surface area contributed by atoms with Crippen LogP contribution in [0.2, 0.25) is 0 Å². The molecule has 0 bridgehead atoms. The highest BCUT2D eigenvalue weighted by Crippen LogP contribution is 2.36. The van der Waals surface area contributed by atoms with Crippen LogP contribution < -0.4 is 5.32 Å². The molecule has 0 saturated carbocycles. The fourth-order valence-electron chi connectivity index (χ4n) is 2.93. The van der Waals surface area contributed by atoms with Crippen molar-refractivity contribution in [2.75, 3.05) is 0 Å². The zero-order valence-electron chi connectivity index (χ0n) is 14.2. The minimum absolute atomic E-state index is 0.0286. The Bertz CT molecular complexity index is 819. The molecule has 0 spiro atoms. The van der Waals surface area contributed by atoms with Gasteiger partial charge in [0.05, 0.1) is 16.7 Å². The largest absolute Gasteiger partial charge is 0.320 e. The van der Waals surface area contributed by atoms with E-state index in [-0.39, 0.29) is 11.8 Å². The molecule has 0 fully saturated rings. The summed E-state index contributed by atoms with van der Waals surface area (Å²) in [5.74, 6) is 0.533. The van der Waals surface area contributed by atoms with E-state index in [2.05, 4.69) is 30.4 Å². The third-order valence-electron chi connectivity index (χ3n) is 4.37. The first-order chi connectivity index (χ1) is 12.2. The Hall–Kier alpha value is -2.51. The first-order valence-corrected chi connectivity index (χ1v) is 9.39. The van der Waals surface area contributed by atoms with Crippen molar-refractivity contribution in [1.29, 1.82) is 5.26 Å². The molecule has 4 heteroatoms. The highest BCUT2D eigenvalue weighted by atomic mass is 32.2. The molecule has 0 aromatic heterocycles. The fourth-order valence-corrected chi connectivity index (χ4v) is 3.97. The van der Waals surface area contributed by atoms with E-state index >= 15 is 0 Å². The maximum Gasteiger partial charge on any atom is 0.225 e. The standard InChI is InChI=1S/C21H20N2OS/c1-2-15-8-10-17(11-9-15)18-12-20(24)23-21(19(18)13-22)25-14-16-6-4-3-5-7-16/h3-11,18H,2,12,14H2,1H3,(H,23,24). The van der Waals surface area contributed by atoms with Crippen molar-refractivity contribution >= 4 is 17.7 Å². The predicted octanol–water partition coefficient (Wildman–Crippen LogP) is 4.52. The van der Waals surface area contributed by atoms with Crippen LogP contribution in [-0.2, 0) is 17.0 Å². The molecule has 2 aromatic rings. The molecule has 2 aromatic carbocycles. The van der Waals surface area contributed by atoms with E-state index < -0.39 is 0 Å². The molecule has 0 saturated heterocycles. The number of rotatable bonds is 5. The van der Waals surface area contributed by atoms with Crippen molar-refractivity contribution in [3.63, 3.8) is 0 Å². The van der Waals surface area contributed by atoms with Gasteiger partial charge in [-0.15, -0.1) is 11.8 Å². The molecule has 3 nitrogen and oxygen atoms in total. The quantitative estimate of drug-likeness (QED) is 0.864. The molecular weight excluding hydrogens is 328 g/mol. The Morgan fingerprint density at radius 3 is 2.48 bits per heavy atom. The zero-order chi connectivity index (χ0) is 17.6. The Morgan fingerprint density at radius 2 is 1.84 bits per heavy atom. The Morgan fingerprint density at radius 1 is 1.12 bits per heavy atom. The van der Waals surface area contributed by atoms with Crippen LogP contribution in [0.5, 0.6) is 0 Å². The number of thioether (sulfide) groups is 1. The van der Waals surface area contributed by atoms with Crippen molar-refractivity contribution in [2.24, 2.45) is 0 Å². The van der Waals surface area contributed by atoms with E-state index in [1.54, 1.807) is 0 Å². The lowest BCUT2D eigenvalue weighted by molar-refractivity contribution is -0.120. The third kappa shape index (κ3) is 4.12. The van der Waals surface area contributed by atoms with Crippen LogP contribution in [0.15, 0.2) is 65.2 Å². The molecule has 0 aliphatic carbocycles. The molecule has 3 rings (SSSR count). The van der Waals surface area contributed by atoms with Gasteiger partial charge in [-0.1, -0.05) is 61.5 Å².